The zero-order valence-electron chi connectivity index (χ0n) is 10.9. The van der Waals surface area contributed by atoms with Gasteiger partial charge in [0, 0.05) is 17.6 Å². The van der Waals surface area contributed by atoms with Gasteiger partial charge in [0.2, 0.25) is 0 Å². The molecule has 0 spiro atoms. The van der Waals surface area contributed by atoms with Crippen LogP contribution in [0.3, 0.4) is 0 Å². The van der Waals surface area contributed by atoms with Crippen molar-refractivity contribution in [2.45, 2.75) is 0 Å². The molecule has 0 N–H and O–H groups in total. The zero-order chi connectivity index (χ0) is 13.6. The summed E-state index contributed by atoms with van der Waals surface area (Å²) >= 11 is 0. The van der Waals surface area contributed by atoms with E-state index in [4.69, 9.17) is 9.47 Å². The lowest BCUT2D eigenvalue weighted by Crippen LogP contribution is -2.08. The van der Waals surface area contributed by atoms with Gasteiger partial charge in [-0.25, -0.2) is 9.97 Å². The van der Waals surface area contributed by atoms with Crippen molar-refractivity contribution in [3.8, 4) is 11.5 Å². The third-order valence-corrected chi connectivity index (χ3v) is 2.84. The Hall–Kier alpha value is -2.62. The molecule has 0 radical (unpaired) electrons. The van der Waals surface area contributed by atoms with Gasteiger partial charge < -0.3 is 9.47 Å². The topological polar surface area (TPSA) is 44.2 Å². The van der Waals surface area contributed by atoms with Crippen LogP contribution in [0.25, 0.3) is 10.9 Å². The molecule has 2 aromatic carbocycles. The fourth-order valence-electron chi connectivity index (χ4n) is 1.88. The van der Waals surface area contributed by atoms with E-state index in [1.807, 2.05) is 48.5 Å². The van der Waals surface area contributed by atoms with E-state index in [1.54, 1.807) is 6.20 Å². The van der Waals surface area contributed by atoms with Crippen LogP contribution in [0.2, 0.25) is 0 Å². The minimum Gasteiger partial charge on any atom is -0.490 e. The minimum absolute atomic E-state index is 0.492. The highest BCUT2D eigenvalue weighted by Crippen LogP contribution is 2.18. The van der Waals surface area contributed by atoms with Crippen LogP contribution >= 0.6 is 0 Å². The molecule has 0 atom stereocenters. The number of hydrogen-bond donors (Lipinski definition) is 0. The Morgan fingerprint density at radius 1 is 0.850 bits per heavy atom. The number of ether oxygens (including phenoxy) is 2. The highest BCUT2D eigenvalue weighted by atomic mass is 16.5. The number of nitrogens with zero attached hydrogens (tertiary/aromatic N) is 2. The number of benzene rings is 2. The molecule has 0 unspecified atom stereocenters. The molecule has 4 heteroatoms. The van der Waals surface area contributed by atoms with Gasteiger partial charge in [-0.05, 0) is 24.3 Å². The number of rotatable bonds is 5. The quantitative estimate of drug-likeness (QED) is 0.666. The summed E-state index contributed by atoms with van der Waals surface area (Å²) in [5.74, 6) is 1.63. The summed E-state index contributed by atoms with van der Waals surface area (Å²) in [6.07, 6.45) is 3.31. The first-order valence-corrected chi connectivity index (χ1v) is 6.42. The van der Waals surface area contributed by atoms with Crippen molar-refractivity contribution in [2.24, 2.45) is 0 Å². The molecule has 100 valence electrons. The van der Waals surface area contributed by atoms with Crippen molar-refractivity contribution in [3.63, 3.8) is 0 Å². The van der Waals surface area contributed by atoms with E-state index < -0.39 is 0 Å². The Labute approximate surface area is 117 Å². The van der Waals surface area contributed by atoms with Crippen LogP contribution in [-0.4, -0.2) is 23.2 Å². The Bertz CT molecular complexity index is 686. The standard InChI is InChI=1S/C16H14N2O2/c1-2-4-14(5-3-1)19-8-9-20-15-7-6-13-11-17-12-18-16(13)10-15/h1-7,10-12H,8-9H2. The molecular formula is C16H14N2O2. The zero-order valence-corrected chi connectivity index (χ0v) is 10.9. The van der Waals surface area contributed by atoms with Crippen LogP contribution in [0.15, 0.2) is 61.1 Å². The molecular weight excluding hydrogens is 252 g/mol. The van der Waals surface area contributed by atoms with Gasteiger partial charge in [0.05, 0.1) is 5.52 Å². The smallest absolute Gasteiger partial charge is 0.122 e. The molecule has 0 amide bonds. The average Bonchev–Trinajstić information content (AvgIpc) is 2.52. The lowest BCUT2D eigenvalue weighted by molar-refractivity contribution is 0.217. The molecule has 0 aliphatic heterocycles. The van der Waals surface area contributed by atoms with E-state index in [-0.39, 0.29) is 0 Å². The summed E-state index contributed by atoms with van der Waals surface area (Å²) in [5, 5.41) is 1.00. The van der Waals surface area contributed by atoms with Gasteiger partial charge >= 0.3 is 0 Å². The van der Waals surface area contributed by atoms with Crippen LogP contribution in [0.5, 0.6) is 11.5 Å². The lowest BCUT2D eigenvalue weighted by atomic mass is 10.2. The highest BCUT2D eigenvalue weighted by molar-refractivity contribution is 5.78. The molecule has 0 saturated heterocycles. The largest absolute Gasteiger partial charge is 0.490 e. The first-order chi connectivity index (χ1) is 9.92. The maximum atomic E-state index is 5.65. The Balaban J connectivity index is 1.55. The second kappa shape index (κ2) is 6.02. The Morgan fingerprint density at radius 2 is 1.65 bits per heavy atom. The summed E-state index contributed by atoms with van der Waals surface area (Å²) in [4.78, 5) is 8.17. The first-order valence-electron chi connectivity index (χ1n) is 6.42. The molecule has 3 aromatic rings. The van der Waals surface area contributed by atoms with Crippen LogP contribution in [-0.2, 0) is 0 Å². The second-order valence-corrected chi connectivity index (χ2v) is 4.25. The molecule has 0 aliphatic rings. The lowest BCUT2D eigenvalue weighted by Gasteiger charge is -2.08. The van der Waals surface area contributed by atoms with Gasteiger partial charge in [0.1, 0.15) is 31.0 Å². The van der Waals surface area contributed by atoms with Gasteiger partial charge in [-0.3, -0.25) is 0 Å². The summed E-state index contributed by atoms with van der Waals surface area (Å²) in [7, 11) is 0. The number of fused-ring (bicyclic) bond motifs is 1. The number of para-hydroxylation sites is 1. The monoisotopic (exact) mass is 266 g/mol. The number of hydrogen-bond acceptors (Lipinski definition) is 4. The normalized spacial score (nSPS) is 10.4. The van der Waals surface area contributed by atoms with E-state index in [1.165, 1.54) is 6.33 Å². The van der Waals surface area contributed by atoms with Gasteiger partial charge in [-0.1, -0.05) is 18.2 Å². The first kappa shape index (κ1) is 12.4. The molecule has 0 saturated carbocycles. The van der Waals surface area contributed by atoms with E-state index in [0.29, 0.717) is 13.2 Å². The Kier molecular flexibility index (Phi) is 3.73. The molecule has 0 bridgehead atoms. The third kappa shape index (κ3) is 3.03. The van der Waals surface area contributed by atoms with Crippen molar-refractivity contribution in [3.05, 3.63) is 61.1 Å². The van der Waals surface area contributed by atoms with Crippen LogP contribution in [0, 0.1) is 0 Å². The van der Waals surface area contributed by atoms with Crippen molar-refractivity contribution in [2.75, 3.05) is 13.2 Å². The Morgan fingerprint density at radius 3 is 2.50 bits per heavy atom. The van der Waals surface area contributed by atoms with Gasteiger partial charge in [0.25, 0.3) is 0 Å². The molecule has 4 nitrogen and oxygen atoms in total. The van der Waals surface area contributed by atoms with E-state index in [9.17, 15) is 0 Å². The van der Waals surface area contributed by atoms with Crippen molar-refractivity contribution < 1.29 is 9.47 Å². The van der Waals surface area contributed by atoms with Gasteiger partial charge in [0.15, 0.2) is 0 Å². The van der Waals surface area contributed by atoms with Gasteiger partial charge in [-0.15, -0.1) is 0 Å². The SMILES string of the molecule is c1ccc(OCCOc2ccc3cncnc3c2)cc1. The fourth-order valence-corrected chi connectivity index (χ4v) is 1.88. The van der Waals surface area contributed by atoms with Crippen LogP contribution in [0.1, 0.15) is 0 Å². The highest BCUT2D eigenvalue weighted by Gasteiger charge is 1.99. The maximum Gasteiger partial charge on any atom is 0.122 e. The third-order valence-electron chi connectivity index (χ3n) is 2.84. The molecule has 0 aliphatic carbocycles. The van der Waals surface area contributed by atoms with E-state index in [0.717, 1.165) is 22.4 Å². The molecule has 1 heterocycles. The predicted molar refractivity (Wildman–Crippen MR) is 77.0 cm³/mol. The van der Waals surface area contributed by atoms with Crippen molar-refractivity contribution in [1.82, 2.24) is 9.97 Å². The van der Waals surface area contributed by atoms with Gasteiger partial charge in [-0.2, -0.15) is 0 Å². The average molecular weight is 266 g/mol. The summed E-state index contributed by atoms with van der Waals surface area (Å²) in [6, 6.07) is 15.5. The summed E-state index contributed by atoms with van der Waals surface area (Å²) in [6.45, 7) is 0.997. The van der Waals surface area contributed by atoms with Crippen LogP contribution < -0.4 is 9.47 Å². The van der Waals surface area contributed by atoms with E-state index >= 15 is 0 Å². The second-order valence-electron chi connectivity index (χ2n) is 4.25. The molecule has 0 fully saturated rings. The number of aromatic nitrogens is 2. The van der Waals surface area contributed by atoms with Crippen molar-refractivity contribution >= 4 is 10.9 Å². The fraction of sp³-hybridized carbons (Fsp3) is 0.125. The minimum atomic E-state index is 0.492. The molecule has 3 rings (SSSR count). The van der Waals surface area contributed by atoms with E-state index in [2.05, 4.69) is 9.97 Å². The van der Waals surface area contributed by atoms with Crippen molar-refractivity contribution in [1.29, 1.82) is 0 Å². The summed E-state index contributed by atoms with van der Waals surface area (Å²) < 4.78 is 11.2. The molecule has 20 heavy (non-hydrogen) atoms. The summed E-state index contributed by atoms with van der Waals surface area (Å²) in [5.41, 5.74) is 0.876. The maximum absolute atomic E-state index is 5.65. The molecule has 1 aromatic heterocycles. The predicted octanol–water partition coefficient (Wildman–Crippen LogP) is 3.09. The van der Waals surface area contributed by atoms with Crippen LogP contribution in [0.4, 0.5) is 0 Å².